The summed E-state index contributed by atoms with van der Waals surface area (Å²) in [4.78, 5) is 12.4. The van der Waals surface area contributed by atoms with Gasteiger partial charge >= 0.3 is 0 Å². The standard InChI is InChI=1S/C20H25N3O6S2/c1-22(18-7-3-2-4-8-18)31(27,28)19-9-5-6-17(16-19)20(24)21-10-15-30(25,26)23-11-13-29-14-12-23/h2-9,16H,10-15H2,1H3,(H,21,24). The first-order chi connectivity index (χ1) is 14.7. The lowest BCUT2D eigenvalue weighted by Gasteiger charge is -2.26. The van der Waals surface area contributed by atoms with E-state index in [1.165, 1.54) is 35.6 Å². The number of ether oxygens (including phenoxy) is 1. The van der Waals surface area contributed by atoms with E-state index in [1.54, 1.807) is 30.3 Å². The molecule has 1 heterocycles. The third-order valence-corrected chi connectivity index (χ3v) is 8.54. The predicted octanol–water partition coefficient (Wildman–Crippen LogP) is 0.904. The lowest BCUT2D eigenvalue weighted by atomic mass is 10.2. The minimum absolute atomic E-state index is 0.0348. The maximum atomic E-state index is 12.9. The van der Waals surface area contributed by atoms with Crippen LogP contribution in [0.1, 0.15) is 10.4 Å². The second-order valence-corrected chi connectivity index (χ2v) is 11.0. The number of morpholine rings is 1. The summed E-state index contributed by atoms with van der Waals surface area (Å²) in [7, 11) is -5.93. The van der Waals surface area contributed by atoms with Gasteiger partial charge in [-0.1, -0.05) is 24.3 Å². The van der Waals surface area contributed by atoms with Crippen molar-refractivity contribution < 1.29 is 26.4 Å². The van der Waals surface area contributed by atoms with Crippen molar-refractivity contribution in [1.82, 2.24) is 9.62 Å². The van der Waals surface area contributed by atoms with Crippen LogP contribution >= 0.6 is 0 Å². The van der Waals surface area contributed by atoms with E-state index in [9.17, 15) is 21.6 Å². The number of sulfonamides is 2. The summed E-state index contributed by atoms with van der Waals surface area (Å²) >= 11 is 0. The molecule has 0 bridgehead atoms. The highest BCUT2D eigenvalue weighted by Crippen LogP contribution is 2.22. The number of hydrogen-bond donors (Lipinski definition) is 1. The number of carbonyl (C=O) groups is 1. The molecule has 168 valence electrons. The maximum absolute atomic E-state index is 12.9. The third-order valence-electron chi connectivity index (χ3n) is 4.88. The lowest BCUT2D eigenvalue weighted by Crippen LogP contribution is -2.43. The largest absolute Gasteiger partial charge is 0.379 e. The van der Waals surface area contributed by atoms with Crippen LogP contribution < -0.4 is 9.62 Å². The van der Waals surface area contributed by atoms with Crippen molar-refractivity contribution in [2.45, 2.75) is 4.90 Å². The molecule has 0 unspecified atom stereocenters. The first-order valence-electron chi connectivity index (χ1n) is 9.69. The summed E-state index contributed by atoms with van der Waals surface area (Å²) in [5.41, 5.74) is 0.622. The molecule has 1 saturated heterocycles. The fourth-order valence-electron chi connectivity index (χ4n) is 3.08. The molecule has 1 N–H and O–H groups in total. The molecule has 11 heteroatoms. The summed E-state index contributed by atoms with van der Waals surface area (Å²) in [5.74, 6) is -0.787. The molecule has 1 aliphatic heterocycles. The fraction of sp³-hybridized carbons (Fsp3) is 0.350. The highest BCUT2D eigenvalue weighted by molar-refractivity contribution is 7.92. The number of nitrogens with one attached hydrogen (secondary N) is 1. The number of benzene rings is 2. The lowest BCUT2D eigenvalue weighted by molar-refractivity contribution is 0.0730. The summed E-state index contributed by atoms with van der Waals surface area (Å²) in [6.07, 6.45) is 0. The molecule has 31 heavy (non-hydrogen) atoms. The molecule has 0 atom stereocenters. The van der Waals surface area contributed by atoms with Crippen LogP contribution in [0.2, 0.25) is 0 Å². The molecule has 1 amide bonds. The second kappa shape index (κ2) is 9.77. The quantitative estimate of drug-likeness (QED) is 0.617. The van der Waals surface area contributed by atoms with E-state index < -0.39 is 26.0 Å². The van der Waals surface area contributed by atoms with Crippen molar-refractivity contribution >= 4 is 31.6 Å². The Bertz CT molecular complexity index is 1110. The molecular weight excluding hydrogens is 442 g/mol. The van der Waals surface area contributed by atoms with Crippen LogP contribution in [0.4, 0.5) is 5.69 Å². The molecule has 0 aliphatic carbocycles. The zero-order chi connectivity index (χ0) is 22.5. The molecule has 3 rings (SSSR count). The van der Waals surface area contributed by atoms with Crippen molar-refractivity contribution in [3.63, 3.8) is 0 Å². The minimum Gasteiger partial charge on any atom is -0.379 e. The summed E-state index contributed by atoms with van der Waals surface area (Å²) in [6.45, 7) is 1.21. The van der Waals surface area contributed by atoms with E-state index in [0.29, 0.717) is 32.0 Å². The van der Waals surface area contributed by atoms with Gasteiger partial charge in [-0.2, -0.15) is 4.31 Å². The monoisotopic (exact) mass is 467 g/mol. The molecule has 0 spiro atoms. The van der Waals surface area contributed by atoms with Crippen LogP contribution in [0.25, 0.3) is 0 Å². The van der Waals surface area contributed by atoms with Gasteiger partial charge in [-0.15, -0.1) is 0 Å². The van der Waals surface area contributed by atoms with Crippen LogP contribution in [0.5, 0.6) is 0 Å². The highest BCUT2D eigenvalue weighted by atomic mass is 32.2. The third kappa shape index (κ3) is 5.62. The molecule has 2 aromatic carbocycles. The molecule has 2 aromatic rings. The number of hydrogen-bond acceptors (Lipinski definition) is 6. The van der Waals surface area contributed by atoms with E-state index in [2.05, 4.69) is 5.32 Å². The molecule has 0 radical (unpaired) electrons. The first kappa shape index (κ1) is 23.2. The van der Waals surface area contributed by atoms with Gasteiger partial charge in [0.1, 0.15) is 0 Å². The molecule has 0 saturated carbocycles. The number of amides is 1. The average molecular weight is 468 g/mol. The molecule has 0 aromatic heterocycles. The van der Waals surface area contributed by atoms with Gasteiger partial charge in [0.15, 0.2) is 0 Å². The minimum atomic E-state index is -3.87. The van der Waals surface area contributed by atoms with Crippen molar-refractivity contribution in [2.75, 3.05) is 50.0 Å². The van der Waals surface area contributed by atoms with Gasteiger partial charge in [-0.3, -0.25) is 9.10 Å². The van der Waals surface area contributed by atoms with E-state index in [1.807, 2.05) is 0 Å². The highest BCUT2D eigenvalue weighted by Gasteiger charge is 2.25. The Labute approximate surface area is 182 Å². The smallest absolute Gasteiger partial charge is 0.264 e. The fourth-order valence-corrected chi connectivity index (χ4v) is 5.65. The molecule has 1 aliphatic rings. The zero-order valence-corrected chi connectivity index (χ0v) is 18.7. The number of para-hydroxylation sites is 1. The molecule has 1 fully saturated rings. The van der Waals surface area contributed by atoms with Gasteiger partial charge < -0.3 is 10.1 Å². The Morgan fingerprint density at radius 1 is 1.03 bits per heavy atom. The summed E-state index contributed by atoms with van der Waals surface area (Å²) in [6, 6.07) is 14.2. The SMILES string of the molecule is CN(c1ccccc1)S(=O)(=O)c1cccc(C(=O)NCCS(=O)(=O)N2CCOCC2)c1. The van der Waals surface area contributed by atoms with Crippen molar-refractivity contribution in [1.29, 1.82) is 0 Å². The van der Waals surface area contributed by atoms with E-state index >= 15 is 0 Å². The Kier molecular flexibility index (Phi) is 7.31. The van der Waals surface area contributed by atoms with Gasteiger partial charge in [-0.25, -0.2) is 16.8 Å². The van der Waals surface area contributed by atoms with Gasteiger partial charge in [0.05, 0.1) is 29.5 Å². The van der Waals surface area contributed by atoms with Crippen molar-refractivity contribution in [2.24, 2.45) is 0 Å². The number of carbonyl (C=O) groups excluding carboxylic acids is 1. The van der Waals surface area contributed by atoms with Crippen molar-refractivity contribution in [3.05, 3.63) is 60.2 Å². The van der Waals surface area contributed by atoms with Crippen LogP contribution in [0, 0.1) is 0 Å². The number of rotatable bonds is 8. The average Bonchev–Trinajstić information content (AvgIpc) is 2.79. The van der Waals surface area contributed by atoms with Gasteiger partial charge in [-0.05, 0) is 30.3 Å². The predicted molar refractivity (Wildman–Crippen MR) is 117 cm³/mol. The Morgan fingerprint density at radius 2 is 1.71 bits per heavy atom. The molecule has 9 nitrogen and oxygen atoms in total. The summed E-state index contributed by atoms with van der Waals surface area (Å²) < 4.78 is 58.2. The van der Waals surface area contributed by atoms with Crippen LogP contribution in [0.15, 0.2) is 59.5 Å². The Balaban J connectivity index is 1.66. The Morgan fingerprint density at radius 3 is 2.39 bits per heavy atom. The Hall–Kier alpha value is -2.47. The van der Waals surface area contributed by atoms with E-state index in [4.69, 9.17) is 4.74 Å². The zero-order valence-electron chi connectivity index (χ0n) is 17.1. The van der Waals surface area contributed by atoms with Gasteiger partial charge in [0, 0.05) is 32.2 Å². The van der Waals surface area contributed by atoms with Crippen LogP contribution in [-0.2, 0) is 24.8 Å². The van der Waals surface area contributed by atoms with Crippen LogP contribution in [-0.4, -0.2) is 72.7 Å². The normalized spacial score (nSPS) is 15.4. The second-order valence-electron chi connectivity index (χ2n) is 6.92. The van der Waals surface area contributed by atoms with Crippen molar-refractivity contribution in [3.8, 4) is 0 Å². The first-order valence-corrected chi connectivity index (χ1v) is 12.7. The molecular formula is C20H25N3O6S2. The summed E-state index contributed by atoms with van der Waals surface area (Å²) in [5, 5.41) is 2.55. The van der Waals surface area contributed by atoms with E-state index in [-0.39, 0.29) is 22.8 Å². The van der Waals surface area contributed by atoms with E-state index in [0.717, 1.165) is 4.31 Å². The van der Waals surface area contributed by atoms with Gasteiger partial charge in [0.25, 0.3) is 15.9 Å². The van der Waals surface area contributed by atoms with Crippen LogP contribution in [0.3, 0.4) is 0 Å². The number of nitrogens with zero attached hydrogens (tertiary/aromatic N) is 2. The maximum Gasteiger partial charge on any atom is 0.264 e. The topological polar surface area (TPSA) is 113 Å². The number of anilines is 1. The van der Waals surface area contributed by atoms with Gasteiger partial charge in [0.2, 0.25) is 10.0 Å².